The van der Waals surface area contributed by atoms with E-state index in [1.54, 1.807) is 13.0 Å². The zero-order chi connectivity index (χ0) is 23.7. The van der Waals surface area contributed by atoms with Gasteiger partial charge in [-0.3, -0.25) is 14.4 Å². The number of fused-ring (bicyclic) bond motifs is 3. The van der Waals surface area contributed by atoms with Crippen LogP contribution in [0.25, 0.3) is 0 Å². The van der Waals surface area contributed by atoms with Gasteiger partial charge in [-0.15, -0.1) is 0 Å². The summed E-state index contributed by atoms with van der Waals surface area (Å²) in [6.07, 6.45) is 15.8. The molecule has 0 spiro atoms. The fourth-order valence-corrected chi connectivity index (χ4v) is 4.86. The predicted octanol–water partition coefficient (Wildman–Crippen LogP) is 3.84. The van der Waals surface area contributed by atoms with Crippen LogP contribution in [0.4, 0.5) is 0 Å². The van der Waals surface area contributed by atoms with E-state index in [9.17, 15) is 19.2 Å². The van der Waals surface area contributed by atoms with Crippen LogP contribution in [0.2, 0.25) is 0 Å². The number of carbonyl (C=O) groups excluding carboxylic acids is 4. The number of piperidine rings is 1. The van der Waals surface area contributed by atoms with Gasteiger partial charge >= 0.3 is 5.97 Å². The number of Topliss-reactive ketones (excluding diaryl/α,β-unsaturated/α-hetero) is 1. The van der Waals surface area contributed by atoms with Crippen molar-refractivity contribution in [2.45, 2.75) is 102 Å². The molecule has 0 aromatic carbocycles. The summed E-state index contributed by atoms with van der Waals surface area (Å²) in [7, 11) is 0. The van der Waals surface area contributed by atoms with Gasteiger partial charge in [-0.2, -0.15) is 0 Å². The number of carbonyl (C=O) groups is 4. The number of allylic oxidation sites excluding steroid dienone is 3. The van der Waals surface area contributed by atoms with Gasteiger partial charge in [0.2, 0.25) is 0 Å². The van der Waals surface area contributed by atoms with Crippen LogP contribution < -0.4 is 0 Å². The highest BCUT2D eigenvalue weighted by Gasteiger charge is 2.46. The van der Waals surface area contributed by atoms with Crippen LogP contribution in [0.15, 0.2) is 24.3 Å². The second-order valence-electron chi connectivity index (χ2n) is 9.49. The SMILES string of the molecule is CC12CCCC(CCCCC=CCC(=O)C=CCCOC(=O)C3CCCCN3C(=O)C1=O)O2. The normalized spacial score (nSPS) is 31.5. The Balaban J connectivity index is 1.74. The van der Waals surface area contributed by atoms with Gasteiger partial charge in [0.1, 0.15) is 11.6 Å². The summed E-state index contributed by atoms with van der Waals surface area (Å²) < 4.78 is 11.6. The topological polar surface area (TPSA) is 90.0 Å². The smallest absolute Gasteiger partial charge is 0.328 e. The largest absolute Gasteiger partial charge is 0.464 e. The molecule has 3 aliphatic heterocycles. The zero-order valence-electron chi connectivity index (χ0n) is 19.8. The number of esters is 1. The highest BCUT2D eigenvalue weighted by Crippen LogP contribution is 2.33. The van der Waals surface area contributed by atoms with Crippen molar-refractivity contribution < 1.29 is 28.7 Å². The van der Waals surface area contributed by atoms with Crippen molar-refractivity contribution in [3.8, 4) is 0 Å². The van der Waals surface area contributed by atoms with Crippen molar-refractivity contribution in [3.05, 3.63) is 24.3 Å². The Bertz CT molecular complexity index is 788. The molecule has 3 heterocycles. The first-order valence-corrected chi connectivity index (χ1v) is 12.4. The summed E-state index contributed by atoms with van der Waals surface area (Å²) in [5, 5.41) is 0. The molecule has 0 aliphatic carbocycles. The molecule has 1 amide bonds. The molecule has 2 fully saturated rings. The highest BCUT2D eigenvalue weighted by molar-refractivity contribution is 6.39. The van der Waals surface area contributed by atoms with Gasteiger partial charge < -0.3 is 14.4 Å². The molecule has 0 aromatic heterocycles. The standard InChI is InChI=1S/C26H37NO6/c1-26-17-11-15-21(33-26)14-6-4-2-3-5-12-20(28)13-8-10-19-32-25(31)22-16-7-9-18-27(22)24(30)23(26)29/h3,5,8,13,21-22H,2,4,6-7,9-12,14-19H2,1H3. The monoisotopic (exact) mass is 459 g/mol. The Labute approximate surface area is 196 Å². The fourth-order valence-electron chi connectivity index (χ4n) is 4.86. The molecule has 0 saturated carbocycles. The molecule has 3 unspecified atom stereocenters. The van der Waals surface area contributed by atoms with E-state index in [1.807, 2.05) is 12.2 Å². The lowest BCUT2D eigenvalue weighted by Gasteiger charge is -2.40. The average molecular weight is 460 g/mol. The summed E-state index contributed by atoms with van der Waals surface area (Å²) in [5.41, 5.74) is -1.14. The molecule has 0 N–H and O–H groups in total. The molecular formula is C26H37NO6. The molecule has 3 rings (SSSR count). The third-order valence-electron chi connectivity index (χ3n) is 6.78. The van der Waals surface area contributed by atoms with Crippen molar-refractivity contribution in [1.29, 1.82) is 0 Å². The highest BCUT2D eigenvalue weighted by atomic mass is 16.5. The van der Waals surface area contributed by atoms with E-state index >= 15 is 0 Å². The van der Waals surface area contributed by atoms with E-state index < -0.39 is 29.3 Å². The predicted molar refractivity (Wildman–Crippen MR) is 123 cm³/mol. The number of cyclic esters (lactones) is 1. The quantitative estimate of drug-likeness (QED) is 0.311. The van der Waals surface area contributed by atoms with Crippen molar-refractivity contribution in [3.63, 3.8) is 0 Å². The minimum Gasteiger partial charge on any atom is -0.464 e. The molecule has 182 valence electrons. The molecule has 2 bridgehead atoms. The fraction of sp³-hybridized carbons (Fsp3) is 0.692. The summed E-state index contributed by atoms with van der Waals surface area (Å²) in [4.78, 5) is 52.5. The molecule has 0 aromatic rings. The van der Waals surface area contributed by atoms with Crippen molar-refractivity contribution >= 4 is 23.4 Å². The van der Waals surface area contributed by atoms with E-state index in [1.165, 1.54) is 11.0 Å². The Morgan fingerprint density at radius 1 is 0.909 bits per heavy atom. The van der Waals surface area contributed by atoms with Gasteiger partial charge in [0.25, 0.3) is 11.7 Å². The number of nitrogens with zero attached hydrogens (tertiary/aromatic N) is 1. The second-order valence-corrected chi connectivity index (χ2v) is 9.49. The number of ketones is 2. The van der Waals surface area contributed by atoms with Crippen LogP contribution in [0.1, 0.15) is 84.0 Å². The zero-order valence-corrected chi connectivity index (χ0v) is 19.8. The van der Waals surface area contributed by atoms with Gasteiger partial charge in [0.05, 0.1) is 12.7 Å². The maximum absolute atomic E-state index is 13.3. The average Bonchev–Trinajstić information content (AvgIpc) is 2.81. The number of rotatable bonds is 0. The van der Waals surface area contributed by atoms with Gasteiger partial charge in [-0.1, -0.05) is 24.6 Å². The van der Waals surface area contributed by atoms with E-state index in [0.717, 1.165) is 51.4 Å². The van der Waals surface area contributed by atoms with E-state index in [0.29, 0.717) is 32.2 Å². The lowest BCUT2D eigenvalue weighted by Crippen LogP contribution is -2.57. The van der Waals surface area contributed by atoms with Crippen LogP contribution in [0, 0.1) is 0 Å². The lowest BCUT2D eigenvalue weighted by atomic mass is 9.87. The van der Waals surface area contributed by atoms with E-state index in [4.69, 9.17) is 9.47 Å². The van der Waals surface area contributed by atoms with Gasteiger partial charge in [0.15, 0.2) is 5.78 Å². The summed E-state index contributed by atoms with van der Waals surface area (Å²) in [6, 6.07) is -0.747. The minimum absolute atomic E-state index is 0.0147. The maximum Gasteiger partial charge on any atom is 0.328 e. The number of ether oxygens (including phenoxy) is 2. The Hall–Kier alpha value is -2.28. The minimum atomic E-state index is -1.14. The first-order chi connectivity index (χ1) is 15.9. The first kappa shape index (κ1) is 25.3. The van der Waals surface area contributed by atoms with Crippen LogP contribution >= 0.6 is 0 Å². The number of hydrogen-bond donors (Lipinski definition) is 0. The number of hydrogen-bond acceptors (Lipinski definition) is 6. The van der Waals surface area contributed by atoms with Crippen LogP contribution in [-0.4, -0.2) is 59.2 Å². The van der Waals surface area contributed by atoms with E-state index in [-0.39, 0.29) is 18.5 Å². The third kappa shape index (κ3) is 7.10. The first-order valence-electron chi connectivity index (χ1n) is 12.4. The molecule has 0 radical (unpaired) electrons. The molecular weight excluding hydrogens is 422 g/mol. The molecule has 7 heteroatoms. The van der Waals surface area contributed by atoms with Crippen molar-refractivity contribution in [2.24, 2.45) is 0 Å². The van der Waals surface area contributed by atoms with Crippen molar-refractivity contribution in [1.82, 2.24) is 4.90 Å². The third-order valence-corrected chi connectivity index (χ3v) is 6.78. The number of amides is 1. The van der Waals surface area contributed by atoms with Crippen LogP contribution in [0.5, 0.6) is 0 Å². The summed E-state index contributed by atoms with van der Waals surface area (Å²) in [5.74, 6) is -1.67. The summed E-state index contributed by atoms with van der Waals surface area (Å²) >= 11 is 0. The Morgan fingerprint density at radius 3 is 2.55 bits per heavy atom. The molecule has 33 heavy (non-hydrogen) atoms. The Morgan fingerprint density at radius 2 is 1.70 bits per heavy atom. The second kappa shape index (κ2) is 12.3. The molecule has 2 saturated heterocycles. The summed E-state index contributed by atoms with van der Waals surface area (Å²) in [6.45, 7) is 2.22. The van der Waals surface area contributed by atoms with Gasteiger partial charge in [0, 0.05) is 13.0 Å². The van der Waals surface area contributed by atoms with Crippen LogP contribution in [-0.2, 0) is 28.7 Å². The lowest BCUT2D eigenvalue weighted by molar-refractivity contribution is -0.174. The maximum atomic E-state index is 13.3. The van der Waals surface area contributed by atoms with Gasteiger partial charge in [-0.25, -0.2) is 4.79 Å². The van der Waals surface area contributed by atoms with Crippen LogP contribution in [0.3, 0.4) is 0 Å². The molecule has 7 nitrogen and oxygen atoms in total. The molecule has 3 atom stereocenters. The van der Waals surface area contributed by atoms with E-state index in [2.05, 4.69) is 0 Å². The van der Waals surface area contributed by atoms with Crippen molar-refractivity contribution in [2.75, 3.05) is 13.2 Å². The molecule has 3 aliphatic rings. The van der Waals surface area contributed by atoms with Gasteiger partial charge in [-0.05, 0) is 77.2 Å². The Kier molecular flexibility index (Phi) is 9.41.